The maximum atomic E-state index is 11.4. The molecule has 1 unspecified atom stereocenters. The van der Waals surface area contributed by atoms with Gasteiger partial charge in [0.15, 0.2) is 6.54 Å². The highest BCUT2D eigenvalue weighted by Crippen LogP contribution is 2.23. The number of nitrogens with zero attached hydrogens (tertiary/aromatic N) is 2. The monoisotopic (exact) mass is 642 g/mol. The Morgan fingerprint density at radius 1 is 0.472 bits per heavy atom. The Hall–Kier alpha value is 0.840. The summed E-state index contributed by atoms with van der Waals surface area (Å²) < 4.78 is 1.63. The molecule has 5 heteroatoms. The van der Waals surface area contributed by atoms with Crippen molar-refractivity contribution in [2.24, 2.45) is 0 Å². The van der Waals surface area contributed by atoms with Gasteiger partial charge in [-0.05, 0) is 25.7 Å². The number of halogens is 2. The van der Waals surface area contributed by atoms with Gasteiger partial charge >= 0.3 is 0 Å². The van der Waals surface area contributed by atoms with Gasteiger partial charge in [-0.3, -0.25) is 4.48 Å². The predicted molar refractivity (Wildman–Crippen MR) is 153 cm³/mol. The number of hydrogen-bond acceptors (Lipinski definition) is 1. The van der Waals surface area contributed by atoms with Gasteiger partial charge in [0.2, 0.25) is 5.72 Å². The lowest BCUT2D eigenvalue weighted by atomic mass is 10.0. The van der Waals surface area contributed by atoms with Crippen molar-refractivity contribution in [2.75, 3.05) is 47.8 Å². The molecule has 0 aromatic carbocycles. The van der Waals surface area contributed by atoms with Crippen LogP contribution < -0.4 is 34.0 Å². The van der Waals surface area contributed by atoms with E-state index in [0.29, 0.717) is 4.48 Å². The number of hydrogen-bond donors (Lipinski definition) is 1. The molecule has 0 aliphatic rings. The highest BCUT2D eigenvalue weighted by atomic mass is 79.9. The Kier molecular flexibility index (Phi) is 28.5. The van der Waals surface area contributed by atoms with Gasteiger partial charge in [0, 0.05) is 6.92 Å². The highest BCUT2D eigenvalue weighted by molar-refractivity contribution is 4.61. The number of unbranched alkanes of at least 4 members (excludes halogenated alkanes) is 18. The van der Waals surface area contributed by atoms with Gasteiger partial charge in [0.1, 0.15) is 0 Å². The maximum absolute atomic E-state index is 11.4. The minimum absolute atomic E-state index is 0. The molecular formula is C31H68Br2N2O. The van der Waals surface area contributed by atoms with Crippen molar-refractivity contribution in [1.29, 1.82) is 0 Å². The Balaban J connectivity index is -0.00000544. The largest absolute Gasteiger partial charge is 1.00 e. The highest BCUT2D eigenvalue weighted by Gasteiger charge is 2.44. The average molecular weight is 645 g/mol. The third-order valence-corrected chi connectivity index (χ3v) is 8.22. The zero-order chi connectivity index (χ0) is 25.8. The topological polar surface area (TPSA) is 20.2 Å². The lowest BCUT2D eigenvalue weighted by molar-refractivity contribution is -1.01. The van der Waals surface area contributed by atoms with E-state index in [-0.39, 0.29) is 34.0 Å². The van der Waals surface area contributed by atoms with Gasteiger partial charge < -0.3 is 43.6 Å². The number of likely N-dealkylation sites (N-methyl/N-ethyl adjacent to an activating group) is 2. The van der Waals surface area contributed by atoms with Crippen molar-refractivity contribution in [1.82, 2.24) is 0 Å². The molecule has 0 saturated heterocycles. The molecule has 1 N–H and O–H groups in total. The van der Waals surface area contributed by atoms with Gasteiger partial charge in [-0.1, -0.05) is 117 Å². The molecule has 1 atom stereocenters. The van der Waals surface area contributed by atoms with E-state index in [1.54, 1.807) is 0 Å². The van der Waals surface area contributed by atoms with Crippen LogP contribution in [0.1, 0.15) is 149 Å². The van der Waals surface area contributed by atoms with Crippen molar-refractivity contribution in [3.63, 3.8) is 0 Å². The van der Waals surface area contributed by atoms with Crippen LogP contribution in [-0.2, 0) is 0 Å². The molecule has 0 aliphatic heterocycles. The minimum Gasteiger partial charge on any atom is -1.00 e. The van der Waals surface area contributed by atoms with Crippen LogP contribution >= 0.6 is 0 Å². The lowest BCUT2D eigenvalue weighted by Crippen LogP contribution is -3.00. The normalized spacial score (nSPS) is 13.7. The molecule has 0 bridgehead atoms. The third-order valence-electron chi connectivity index (χ3n) is 8.22. The summed E-state index contributed by atoms with van der Waals surface area (Å²) in [6.45, 7) is 9.72. The van der Waals surface area contributed by atoms with E-state index in [1.807, 2.05) is 0 Å². The van der Waals surface area contributed by atoms with Gasteiger partial charge in [0.05, 0.1) is 41.3 Å². The second kappa shape index (κ2) is 24.9. The Labute approximate surface area is 249 Å². The first-order valence-corrected chi connectivity index (χ1v) is 15.5. The van der Waals surface area contributed by atoms with Gasteiger partial charge in [-0.25, -0.2) is 0 Å². The SMILES string of the molecule is CCCCCCCCCCCC[N+](C)(C)CC(C)(O)[N+](C)(C)CCCCCCCCCCCC.[Br-].[Br-]. The second-order valence-electron chi connectivity index (χ2n) is 12.8. The van der Waals surface area contributed by atoms with E-state index in [4.69, 9.17) is 0 Å². The van der Waals surface area contributed by atoms with E-state index < -0.39 is 5.72 Å². The van der Waals surface area contributed by atoms with E-state index in [1.165, 1.54) is 135 Å². The fourth-order valence-corrected chi connectivity index (χ4v) is 5.34. The molecule has 3 nitrogen and oxygen atoms in total. The number of rotatable bonds is 25. The molecule has 0 heterocycles. The molecule has 0 spiro atoms. The van der Waals surface area contributed by atoms with Crippen LogP contribution in [-0.4, -0.2) is 67.6 Å². The molecule has 0 aliphatic carbocycles. The molecule has 0 amide bonds. The van der Waals surface area contributed by atoms with E-state index in [0.717, 1.165) is 17.6 Å². The Morgan fingerprint density at radius 2 is 0.750 bits per heavy atom. The number of aliphatic hydroxyl groups is 1. The summed E-state index contributed by atoms with van der Waals surface area (Å²) in [5.41, 5.74) is -0.679. The van der Waals surface area contributed by atoms with Crippen molar-refractivity contribution >= 4 is 0 Å². The molecule has 222 valence electrons. The zero-order valence-electron chi connectivity index (χ0n) is 25.9. The summed E-state index contributed by atoms with van der Waals surface area (Å²) in [5, 5.41) is 11.4. The van der Waals surface area contributed by atoms with E-state index >= 15 is 0 Å². The second-order valence-corrected chi connectivity index (χ2v) is 12.8. The molecule has 0 radical (unpaired) electrons. The Bertz CT molecular complexity index is 456. The van der Waals surface area contributed by atoms with Crippen LogP contribution in [0.15, 0.2) is 0 Å². The fraction of sp³-hybridized carbons (Fsp3) is 1.00. The summed E-state index contributed by atoms with van der Waals surface area (Å²) in [6, 6.07) is 0. The van der Waals surface area contributed by atoms with Crippen LogP contribution in [0.2, 0.25) is 0 Å². The number of quaternary nitrogens is 2. The average Bonchev–Trinajstić information content (AvgIpc) is 2.75. The summed E-state index contributed by atoms with van der Waals surface area (Å²) in [5.74, 6) is 0. The first kappa shape index (κ1) is 41.3. The molecule has 0 fully saturated rings. The first-order chi connectivity index (χ1) is 16.1. The molecular weight excluding hydrogens is 576 g/mol. The first-order valence-electron chi connectivity index (χ1n) is 15.5. The van der Waals surface area contributed by atoms with Crippen LogP contribution in [0, 0.1) is 0 Å². The molecule has 0 saturated carbocycles. The predicted octanol–water partition coefficient (Wildman–Crippen LogP) is 2.70. The van der Waals surface area contributed by atoms with Gasteiger partial charge in [-0.15, -0.1) is 0 Å². The third kappa shape index (κ3) is 22.8. The van der Waals surface area contributed by atoms with Crippen LogP contribution in [0.4, 0.5) is 0 Å². The van der Waals surface area contributed by atoms with Crippen LogP contribution in [0.25, 0.3) is 0 Å². The van der Waals surface area contributed by atoms with E-state index in [9.17, 15) is 5.11 Å². The molecule has 0 aromatic heterocycles. The minimum atomic E-state index is -0.679. The van der Waals surface area contributed by atoms with Gasteiger partial charge in [0.25, 0.3) is 0 Å². The summed E-state index contributed by atoms with van der Waals surface area (Å²) in [4.78, 5) is 0. The molecule has 0 aromatic rings. The van der Waals surface area contributed by atoms with Crippen molar-refractivity contribution < 1.29 is 48.0 Å². The van der Waals surface area contributed by atoms with Crippen molar-refractivity contribution in [2.45, 2.75) is 155 Å². The summed E-state index contributed by atoms with van der Waals surface area (Å²) >= 11 is 0. The smallest absolute Gasteiger partial charge is 0.247 e. The lowest BCUT2D eigenvalue weighted by Gasteiger charge is -2.46. The van der Waals surface area contributed by atoms with Crippen molar-refractivity contribution in [3.8, 4) is 0 Å². The summed E-state index contributed by atoms with van der Waals surface area (Å²) in [6.07, 6.45) is 27.6. The standard InChI is InChI=1S/C31H68N2O.2BrH/c1-8-10-12-14-16-18-20-22-24-26-28-32(4,5)30-31(3,34)33(6,7)29-27-25-23-21-19-17-15-13-11-9-2;;/h34H,8-30H2,1-7H3;2*1H/q+2;;/p-2. The quantitative estimate of drug-likeness (QED) is 0.0922. The summed E-state index contributed by atoms with van der Waals surface area (Å²) in [7, 11) is 9.08. The van der Waals surface area contributed by atoms with Gasteiger partial charge in [-0.2, -0.15) is 0 Å². The van der Waals surface area contributed by atoms with E-state index in [2.05, 4.69) is 49.0 Å². The Morgan fingerprint density at radius 3 is 1.08 bits per heavy atom. The molecule has 0 rings (SSSR count). The zero-order valence-corrected chi connectivity index (χ0v) is 29.0. The van der Waals surface area contributed by atoms with Crippen molar-refractivity contribution in [3.05, 3.63) is 0 Å². The maximum Gasteiger partial charge on any atom is 0.247 e. The fourth-order valence-electron chi connectivity index (χ4n) is 5.34. The van der Waals surface area contributed by atoms with Crippen LogP contribution in [0.3, 0.4) is 0 Å². The molecule has 36 heavy (non-hydrogen) atoms. The van der Waals surface area contributed by atoms with Crippen LogP contribution in [0.5, 0.6) is 0 Å².